The Labute approximate surface area is 122 Å². The molecule has 0 N–H and O–H groups in total. The molecule has 21 heavy (non-hydrogen) atoms. The molecule has 3 rings (SSSR count). The predicted molar refractivity (Wildman–Crippen MR) is 73.9 cm³/mol. The molecule has 2 nitrogen and oxygen atoms in total. The molecule has 1 aromatic carbocycles. The number of nitriles is 1. The fourth-order valence-corrected chi connectivity index (χ4v) is 3.63. The minimum absolute atomic E-state index is 0.121. The molecular formula is C16H17F3N2. The zero-order valence-electron chi connectivity index (χ0n) is 11.7. The molecule has 5 heteroatoms. The average Bonchev–Trinajstić information content (AvgIpc) is 2.44. The second-order valence-electron chi connectivity index (χ2n) is 6.26. The Bertz CT molecular complexity index is 572. The Hall–Kier alpha value is -1.70. The molecule has 2 fully saturated rings. The topological polar surface area (TPSA) is 27.0 Å². The van der Waals surface area contributed by atoms with Crippen molar-refractivity contribution in [3.8, 4) is 6.07 Å². The Kier molecular flexibility index (Phi) is 3.35. The minimum atomic E-state index is -4.40. The van der Waals surface area contributed by atoms with Crippen LogP contribution in [-0.4, -0.2) is 13.1 Å². The van der Waals surface area contributed by atoms with Gasteiger partial charge in [0.1, 0.15) is 6.07 Å². The van der Waals surface area contributed by atoms with Crippen LogP contribution in [0, 0.1) is 16.7 Å². The second-order valence-corrected chi connectivity index (χ2v) is 6.26. The van der Waals surface area contributed by atoms with Gasteiger partial charge in [-0.25, -0.2) is 0 Å². The maximum atomic E-state index is 12.7. The molecule has 1 saturated heterocycles. The first-order valence-electron chi connectivity index (χ1n) is 7.30. The lowest BCUT2D eigenvalue weighted by molar-refractivity contribution is -0.137. The lowest BCUT2D eigenvalue weighted by Crippen LogP contribution is -2.57. The van der Waals surface area contributed by atoms with Crippen LogP contribution < -0.4 is 4.90 Å². The van der Waals surface area contributed by atoms with Crippen LogP contribution >= 0.6 is 0 Å². The van der Waals surface area contributed by atoms with E-state index in [1.165, 1.54) is 38.2 Å². The van der Waals surface area contributed by atoms with Crippen molar-refractivity contribution in [1.29, 1.82) is 5.26 Å². The van der Waals surface area contributed by atoms with Crippen molar-refractivity contribution in [2.24, 2.45) is 5.41 Å². The van der Waals surface area contributed by atoms with Gasteiger partial charge in [-0.1, -0.05) is 19.3 Å². The van der Waals surface area contributed by atoms with E-state index in [-0.39, 0.29) is 5.56 Å². The zero-order valence-corrected chi connectivity index (χ0v) is 11.7. The summed E-state index contributed by atoms with van der Waals surface area (Å²) in [6, 6.07) is 5.38. The maximum absolute atomic E-state index is 12.7. The molecule has 0 radical (unpaired) electrons. The normalized spacial score (nSPS) is 21.0. The number of alkyl halides is 3. The molecule has 0 unspecified atom stereocenters. The van der Waals surface area contributed by atoms with Gasteiger partial charge in [0.15, 0.2) is 0 Å². The van der Waals surface area contributed by atoms with Crippen LogP contribution in [0.2, 0.25) is 0 Å². The molecule has 0 amide bonds. The summed E-state index contributed by atoms with van der Waals surface area (Å²) < 4.78 is 38.1. The van der Waals surface area contributed by atoms with Gasteiger partial charge >= 0.3 is 6.18 Å². The largest absolute Gasteiger partial charge is 0.416 e. The van der Waals surface area contributed by atoms with E-state index in [9.17, 15) is 13.2 Å². The van der Waals surface area contributed by atoms with E-state index in [1.54, 1.807) is 0 Å². The van der Waals surface area contributed by atoms with Crippen molar-refractivity contribution >= 4 is 5.69 Å². The van der Waals surface area contributed by atoms with Crippen LogP contribution in [0.15, 0.2) is 18.2 Å². The zero-order chi connectivity index (χ0) is 15.1. The highest BCUT2D eigenvalue weighted by Gasteiger charge is 2.44. The summed E-state index contributed by atoms with van der Waals surface area (Å²) >= 11 is 0. The van der Waals surface area contributed by atoms with E-state index < -0.39 is 11.7 Å². The second kappa shape index (κ2) is 4.94. The van der Waals surface area contributed by atoms with Crippen molar-refractivity contribution in [3.05, 3.63) is 29.3 Å². The summed E-state index contributed by atoms with van der Waals surface area (Å²) in [4.78, 5) is 2.05. The molecule has 0 aromatic heterocycles. The average molecular weight is 294 g/mol. The highest BCUT2D eigenvalue weighted by molar-refractivity contribution is 5.62. The maximum Gasteiger partial charge on any atom is 0.416 e. The summed E-state index contributed by atoms with van der Waals surface area (Å²) in [5.41, 5.74) is 0.348. The first kappa shape index (κ1) is 14.2. The fraction of sp³-hybridized carbons (Fsp3) is 0.562. The van der Waals surface area contributed by atoms with Gasteiger partial charge < -0.3 is 4.90 Å². The number of hydrogen-bond acceptors (Lipinski definition) is 2. The third-order valence-electron chi connectivity index (χ3n) is 4.75. The summed E-state index contributed by atoms with van der Waals surface area (Å²) in [5, 5.41) is 9.13. The number of anilines is 1. The number of nitrogens with zero attached hydrogens (tertiary/aromatic N) is 2. The van der Waals surface area contributed by atoms with E-state index in [2.05, 4.69) is 0 Å². The number of benzene rings is 1. The number of halogens is 3. The molecule has 1 aliphatic heterocycles. The van der Waals surface area contributed by atoms with Gasteiger partial charge in [-0.05, 0) is 31.0 Å². The van der Waals surface area contributed by atoms with Crippen LogP contribution in [0.1, 0.15) is 43.2 Å². The Morgan fingerprint density at radius 1 is 1.10 bits per heavy atom. The number of hydrogen-bond donors (Lipinski definition) is 0. The quantitative estimate of drug-likeness (QED) is 0.770. The van der Waals surface area contributed by atoms with Gasteiger partial charge in [0, 0.05) is 18.5 Å². The fourth-order valence-electron chi connectivity index (χ4n) is 3.63. The molecule has 112 valence electrons. The smallest absolute Gasteiger partial charge is 0.369 e. The van der Waals surface area contributed by atoms with E-state index in [0.29, 0.717) is 11.1 Å². The van der Waals surface area contributed by atoms with Crippen molar-refractivity contribution < 1.29 is 13.2 Å². The van der Waals surface area contributed by atoms with Crippen molar-refractivity contribution in [2.45, 2.75) is 38.3 Å². The molecule has 1 aliphatic carbocycles. The third kappa shape index (κ3) is 2.59. The Morgan fingerprint density at radius 3 is 2.33 bits per heavy atom. The van der Waals surface area contributed by atoms with Gasteiger partial charge in [0.25, 0.3) is 0 Å². The summed E-state index contributed by atoms with van der Waals surface area (Å²) in [7, 11) is 0. The summed E-state index contributed by atoms with van der Waals surface area (Å²) in [5.74, 6) is 0. The van der Waals surface area contributed by atoms with Gasteiger partial charge in [-0.3, -0.25) is 0 Å². The van der Waals surface area contributed by atoms with Gasteiger partial charge in [0.05, 0.1) is 16.8 Å². The van der Waals surface area contributed by atoms with Gasteiger partial charge in [-0.2, -0.15) is 18.4 Å². The molecule has 0 bridgehead atoms. The molecule has 1 spiro atoms. The van der Waals surface area contributed by atoms with Crippen LogP contribution in [0.4, 0.5) is 18.9 Å². The Morgan fingerprint density at radius 2 is 1.76 bits per heavy atom. The Balaban J connectivity index is 1.80. The minimum Gasteiger partial charge on any atom is -0.369 e. The van der Waals surface area contributed by atoms with Crippen LogP contribution in [0.3, 0.4) is 0 Å². The van der Waals surface area contributed by atoms with Gasteiger partial charge in [0.2, 0.25) is 0 Å². The molecule has 1 aromatic rings. The standard InChI is InChI=1S/C16H17F3N2/c17-16(18,19)13-4-5-14(12(8-13)9-20)21-10-15(11-21)6-2-1-3-7-15/h4-5,8H,1-3,6-7,10-11H2. The predicted octanol–water partition coefficient (Wildman–Crippen LogP) is 4.35. The highest BCUT2D eigenvalue weighted by Crippen LogP contribution is 2.46. The number of rotatable bonds is 1. The van der Waals surface area contributed by atoms with Gasteiger partial charge in [-0.15, -0.1) is 0 Å². The van der Waals surface area contributed by atoms with Crippen molar-refractivity contribution in [1.82, 2.24) is 0 Å². The SMILES string of the molecule is N#Cc1cc(C(F)(F)F)ccc1N1CC2(CCCCC2)C1. The molecule has 0 atom stereocenters. The lowest BCUT2D eigenvalue weighted by atomic mass is 9.68. The summed E-state index contributed by atoms with van der Waals surface area (Å²) in [6.45, 7) is 1.74. The first-order valence-corrected chi connectivity index (χ1v) is 7.30. The van der Waals surface area contributed by atoms with E-state index >= 15 is 0 Å². The third-order valence-corrected chi connectivity index (χ3v) is 4.75. The molecule has 1 saturated carbocycles. The van der Waals surface area contributed by atoms with Crippen molar-refractivity contribution in [3.63, 3.8) is 0 Å². The summed E-state index contributed by atoms with van der Waals surface area (Å²) in [6.07, 6.45) is 1.77. The first-order chi connectivity index (χ1) is 9.93. The van der Waals surface area contributed by atoms with E-state index in [1.807, 2.05) is 11.0 Å². The van der Waals surface area contributed by atoms with Crippen LogP contribution in [0.25, 0.3) is 0 Å². The van der Waals surface area contributed by atoms with Crippen molar-refractivity contribution in [2.75, 3.05) is 18.0 Å². The lowest BCUT2D eigenvalue weighted by Gasteiger charge is -2.53. The van der Waals surface area contributed by atoms with E-state index in [4.69, 9.17) is 5.26 Å². The van der Waals surface area contributed by atoms with E-state index in [0.717, 1.165) is 25.2 Å². The molecule has 1 heterocycles. The van der Waals surface area contributed by atoms with Crippen LogP contribution in [-0.2, 0) is 6.18 Å². The monoisotopic (exact) mass is 294 g/mol. The molecule has 2 aliphatic rings. The highest BCUT2D eigenvalue weighted by atomic mass is 19.4. The molecular weight excluding hydrogens is 277 g/mol. The van der Waals surface area contributed by atoms with Crippen LogP contribution in [0.5, 0.6) is 0 Å².